The van der Waals surface area contributed by atoms with E-state index in [9.17, 15) is 9.59 Å². The number of hydrogen-bond donors (Lipinski definition) is 1. The number of rotatable bonds is 8. The number of aromatic nitrogens is 1. The Bertz CT molecular complexity index is 1890. The molecule has 5 aromatic rings. The molecule has 230 valence electrons. The molecule has 5 nitrogen and oxygen atoms in total. The monoisotopic (exact) mass is 598 g/mol. The van der Waals surface area contributed by atoms with Gasteiger partial charge in [-0.25, -0.2) is 4.79 Å². The number of amides is 1. The predicted octanol–water partition coefficient (Wildman–Crippen LogP) is 9.30. The summed E-state index contributed by atoms with van der Waals surface area (Å²) in [6.45, 7) is 12.6. The van der Waals surface area contributed by atoms with Crippen LogP contribution in [0.5, 0.6) is 0 Å². The Morgan fingerprint density at radius 3 is 2.36 bits per heavy atom. The van der Waals surface area contributed by atoms with Crippen LogP contribution in [0.1, 0.15) is 101 Å². The minimum Gasteiger partial charge on any atom is -0.456 e. The zero-order chi connectivity index (χ0) is 31.9. The Labute approximate surface area is 266 Å². The number of esters is 1. The van der Waals surface area contributed by atoms with Crippen molar-refractivity contribution in [1.82, 2.24) is 9.88 Å². The maximum absolute atomic E-state index is 13.3. The summed E-state index contributed by atoms with van der Waals surface area (Å²) in [5.41, 5.74) is 9.61. The number of carbonyl (C=O) groups excluding carboxylic acids is 2. The third-order valence-corrected chi connectivity index (χ3v) is 8.86. The van der Waals surface area contributed by atoms with Gasteiger partial charge in [0.05, 0.1) is 11.6 Å². The van der Waals surface area contributed by atoms with Crippen LogP contribution in [-0.4, -0.2) is 22.0 Å². The highest BCUT2D eigenvalue weighted by Crippen LogP contribution is 2.40. The van der Waals surface area contributed by atoms with Gasteiger partial charge in [-0.2, -0.15) is 0 Å². The third-order valence-electron chi connectivity index (χ3n) is 8.86. The number of carbonyl (C=O) groups is 2. The Kier molecular flexibility index (Phi) is 8.13. The van der Waals surface area contributed by atoms with Gasteiger partial charge in [-0.05, 0) is 118 Å². The first-order valence-electron chi connectivity index (χ1n) is 15.9. The van der Waals surface area contributed by atoms with Gasteiger partial charge in [-0.1, -0.05) is 66.7 Å². The van der Waals surface area contributed by atoms with E-state index in [0.717, 1.165) is 33.2 Å². The summed E-state index contributed by atoms with van der Waals surface area (Å²) in [7, 11) is 0. The van der Waals surface area contributed by atoms with E-state index in [1.807, 2.05) is 57.2 Å². The van der Waals surface area contributed by atoms with Crippen molar-refractivity contribution in [2.24, 2.45) is 0 Å². The van der Waals surface area contributed by atoms with Crippen molar-refractivity contribution in [3.05, 3.63) is 130 Å². The topological polar surface area (TPSA) is 60.3 Å². The SMILES string of the molecule is Cc1c(C)n(Cc2ccc(-c3ccccc3C(=O)OC(C)(C)C)cc2)c2ccc(C(=O)N[C@@H](C)c3cccc(C4CC4)c3)cc12. The van der Waals surface area contributed by atoms with Gasteiger partial charge < -0.3 is 14.6 Å². The van der Waals surface area contributed by atoms with E-state index < -0.39 is 5.60 Å². The quantitative estimate of drug-likeness (QED) is 0.181. The molecule has 0 radical (unpaired) electrons. The molecule has 1 N–H and O–H groups in total. The van der Waals surface area contributed by atoms with E-state index >= 15 is 0 Å². The smallest absolute Gasteiger partial charge is 0.339 e. The van der Waals surface area contributed by atoms with E-state index in [1.54, 1.807) is 0 Å². The minimum atomic E-state index is -0.561. The van der Waals surface area contributed by atoms with Crippen molar-refractivity contribution in [3.63, 3.8) is 0 Å². The molecule has 6 rings (SSSR count). The van der Waals surface area contributed by atoms with Gasteiger partial charge in [0.15, 0.2) is 0 Å². The lowest BCUT2D eigenvalue weighted by molar-refractivity contribution is 0.00703. The van der Waals surface area contributed by atoms with E-state index in [1.165, 1.54) is 29.7 Å². The van der Waals surface area contributed by atoms with Crippen LogP contribution in [0.25, 0.3) is 22.0 Å². The molecule has 1 aromatic heterocycles. The highest BCUT2D eigenvalue weighted by molar-refractivity contribution is 5.99. The molecular weight excluding hydrogens is 556 g/mol. The summed E-state index contributed by atoms with van der Waals surface area (Å²) in [5, 5.41) is 4.30. The van der Waals surface area contributed by atoms with Gasteiger partial charge in [-0.3, -0.25) is 4.79 Å². The molecule has 45 heavy (non-hydrogen) atoms. The van der Waals surface area contributed by atoms with Crippen LogP contribution in [0.15, 0.2) is 91.0 Å². The van der Waals surface area contributed by atoms with Gasteiger partial charge in [0.2, 0.25) is 0 Å². The van der Waals surface area contributed by atoms with Gasteiger partial charge >= 0.3 is 5.97 Å². The molecule has 1 atom stereocenters. The molecular formula is C40H42N2O3. The number of aryl methyl sites for hydroxylation is 1. The Morgan fingerprint density at radius 2 is 1.64 bits per heavy atom. The number of nitrogens with one attached hydrogen (secondary N) is 1. The third kappa shape index (κ3) is 6.58. The van der Waals surface area contributed by atoms with Crippen molar-refractivity contribution in [2.75, 3.05) is 0 Å². The highest BCUT2D eigenvalue weighted by atomic mass is 16.6. The van der Waals surface area contributed by atoms with E-state index in [0.29, 0.717) is 23.6 Å². The van der Waals surface area contributed by atoms with Gasteiger partial charge in [0, 0.05) is 28.7 Å². The summed E-state index contributed by atoms with van der Waals surface area (Å²) >= 11 is 0. The van der Waals surface area contributed by atoms with Crippen molar-refractivity contribution in [2.45, 2.75) is 78.5 Å². The van der Waals surface area contributed by atoms with E-state index in [-0.39, 0.29) is 17.9 Å². The number of hydrogen-bond acceptors (Lipinski definition) is 3. The predicted molar refractivity (Wildman–Crippen MR) is 182 cm³/mol. The van der Waals surface area contributed by atoms with Crippen LogP contribution in [0, 0.1) is 13.8 Å². The number of fused-ring (bicyclic) bond motifs is 1. The number of benzene rings is 4. The van der Waals surface area contributed by atoms with Crippen molar-refractivity contribution >= 4 is 22.8 Å². The maximum Gasteiger partial charge on any atom is 0.339 e. The fourth-order valence-electron chi connectivity index (χ4n) is 6.08. The summed E-state index contributed by atoms with van der Waals surface area (Å²) in [4.78, 5) is 26.2. The largest absolute Gasteiger partial charge is 0.456 e. The summed E-state index contributed by atoms with van der Waals surface area (Å²) < 4.78 is 7.96. The first kappa shape index (κ1) is 30.4. The minimum absolute atomic E-state index is 0.0618. The molecule has 1 fully saturated rings. The van der Waals surface area contributed by atoms with Gasteiger partial charge in [-0.15, -0.1) is 0 Å². The molecule has 0 saturated heterocycles. The molecule has 1 amide bonds. The molecule has 0 bridgehead atoms. The van der Waals surface area contributed by atoms with Crippen molar-refractivity contribution < 1.29 is 14.3 Å². The second kappa shape index (κ2) is 12.0. The zero-order valence-corrected chi connectivity index (χ0v) is 27.1. The summed E-state index contributed by atoms with van der Waals surface area (Å²) in [5.74, 6) is 0.301. The summed E-state index contributed by atoms with van der Waals surface area (Å²) in [6.07, 6.45) is 2.52. The van der Waals surface area contributed by atoms with Crippen molar-refractivity contribution in [3.8, 4) is 11.1 Å². The van der Waals surface area contributed by atoms with Gasteiger partial charge in [0.25, 0.3) is 5.91 Å². The molecule has 5 heteroatoms. The van der Waals surface area contributed by atoms with Crippen molar-refractivity contribution in [1.29, 1.82) is 0 Å². The Morgan fingerprint density at radius 1 is 0.911 bits per heavy atom. The molecule has 0 spiro atoms. The second-order valence-corrected chi connectivity index (χ2v) is 13.4. The zero-order valence-electron chi connectivity index (χ0n) is 27.1. The maximum atomic E-state index is 13.3. The van der Waals surface area contributed by atoms with Crippen LogP contribution in [0.4, 0.5) is 0 Å². The molecule has 0 unspecified atom stereocenters. The fraction of sp³-hybridized carbons (Fsp3) is 0.300. The lowest BCUT2D eigenvalue weighted by atomic mass is 9.98. The molecule has 1 heterocycles. The first-order chi connectivity index (χ1) is 21.5. The van der Waals surface area contributed by atoms with Gasteiger partial charge in [0.1, 0.15) is 5.60 Å². The van der Waals surface area contributed by atoms with Crippen LogP contribution < -0.4 is 5.32 Å². The van der Waals surface area contributed by atoms with Crippen LogP contribution in [0.3, 0.4) is 0 Å². The average molecular weight is 599 g/mol. The highest BCUT2D eigenvalue weighted by Gasteiger charge is 2.24. The first-order valence-corrected chi connectivity index (χ1v) is 15.9. The molecule has 0 aliphatic heterocycles. The second-order valence-electron chi connectivity index (χ2n) is 13.4. The average Bonchev–Trinajstić information content (AvgIpc) is 3.85. The number of ether oxygens (including phenoxy) is 1. The normalized spacial score (nSPS) is 13.9. The number of nitrogens with zero attached hydrogens (tertiary/aromatic N) is 1. The molecule has 1 aliphatic rings. The molecule has 1 saturated carbocycles. The Hall–Kier alpha value is -4.64. The standard InChI is InChI=1S/C40H42N2O3/c1-25-27(3)42(24-28-14-16-30(17-15-28)34-12-7-8-13-35(34)39(44)45-40(4,5)6)37-21-20-33(23-36(25)37)38(43)41-26(2)31-10-9-11-32(22-31)29-18-19-29/h7-17,20-23,26,29H,18-19,24H2,1-6H3,(H,41,43)/t26-/m0/s1. The van der Waals surface area contributed by atoms with E-state index in [2.05, 4.69) is 85.3 Å². The van der Waals surface area contributed by atoms with Crippen LogP contribution in [-0.2, 0) is 11.3 Å². The summed E-state index contributed by atoms with van der Waals surface area (Å²) in [6, 6.07) is 30.5. The van der Waals surface area contributed by atoms with E-state index in [4.69, 9.17) is 4.74 Å². The molecule has 1 aliphatic carbocycles. The molecule has 4 aromatic carbocycles. The lowest BCUT2D eigenvalue weighted by Crippen LogP contribution is -2.26. The van der Waals surface area contributed by atoms with Crippen LogP contribution >= 0.6 is 0 Å². The Balaban J connectivity index is 1.20. The lowest BCUT2D eigenvalue weighted by Gasteiger charge is -2.20. The van der Waals surface area contributed by atoms with Crippen LogP contribution in [0.2, 0.25) is 0 Å². The fourth-order valence-corrected chi connectivity index (χ4v) is 6.08.